The molecule has 38 heavy (non-hydrogen) atoms. The molecule has 0 aliphatic carbocycles. The number of nitrogens with one attached hydrogen (secondary N) is 1. The molecule has 0 spiro atoms. The van der Waals surface area contributed by atoms with Gasteiger partial charge in [0.15, 0.2) is 0 Å². The number of sulfonamides is 2. The molecule has 3 aromatic carbocycles. The zero-order chi connectivity index (χ0) is 27.3. The summed E-state index contributed by atoms with van der Waals surface area (Å²) >= 11 is 5.93. The van der Waals surface area contributed by atoms with Crippen molar-refractivity contribution in [1.29, 1.82) is 0 Å². The van der Waals surface area contributed by atoms with E-state index in [1.54, 1.807) is 12.1 Å². The molecule has 1 aliphatic rings. The second-order valence-corrected chi connectivity index (χ2v) is 13.6. The van der Waals surface area contributed by atoms with Gasteiger partial charge < -0.3 is 5.32 Å². The van der Waals surface area contributed by atoms with Gasteiger partial charge in [-0.25, -0.2) is 16.8 Å². The van der Waals surface area contributed by atoms with Crippen LogP contribution in [0.2, 0.25) is 5.02 Å². The first-order chi connectivity index (χ1) is 18.1. The molecule has 0 aromatic heterocycles. The van der Waals surface area contributed by atoms with Crippen molar-refractivity contribution in [3.05, 3.63) is 94.5 Å². The number of aryl methyl sites for hydroxylation is 1. The minimum atomic E-state index is -3.99. The standard InChI is InChI=1S/C27H30ClN3O5S2/c1-21-5-4-6-23(17-21)19-31(38(35,36)26-13-9-24(28)10-14-26)20-27(32)29-18-22-7-11-25(12-8-22)37(33,34)30-15-2-3-16-30/h4-14,17H,2-3,15-16,18-20H2,1H3,(H,29,32). The van der Waals surface area contributed by atoms with E-state index in [2.05, 4.69) is 5.32 Å². The predicted molar refractivity (Wildman–Crippen MR) is 147 cm³/mol. The second-order valence-electron chi connectivity index (χ2n) is 9.25. The highest BCUT2D eigenvalue weighted by atomic mass is 35.5. The molecule has 0 unspecified atom stereocenters. The normalized spacial score (nSPS) is 14.6. The largest absolute Gasteiger partial charge is 0.351 e. The van der Waals surface area contributed by atoms with Crippen LogP contribution in [0.25, 0.3) is 0 Å². The summed E-state index contributed by atoms with van der Waals surface area (Å²) < 4.78 is 54.9. The van der Waals surface area contributed by atoms with Crippen molar-refractivity contribution in [1.82, 2.24) is 13.9 Å². The Hall–Kier alpha value is -2.76. The Morgan fingerprint density at radius 2 is 1.53 bits per heavy atom. The lowest BCUT2D eigenvalue weighted by molar-refractivity contribution is -0.121. The summed E-state index contributed by atoms with van der Waals surface area (Å²) in [5.41, 5.74) is 2.43. The molecule has 202 valence electrons. The number of rotatable bonds is 10. The van der Waals surface area contributed by atoms with Gasteiger partial charge in [-0.05, 0) is 67.3 Å². The molecule has 0 radical (unpaired) electrons. The molecule has 8 nitrogen and oxygen atoms in total. The number of hydrogen-bond acceptors (Lipinski definition) is 5. The first-order valence-electron chi connectivity index (χ1n) is 12.2. The van der Waals surface area contributed by atoms with Crippen LogP contribution < -0.4 is 5.32 Å². The lowest BCUT2D eigenvalue weighted by Gasteiger charge is -2.22. The summed E-state index contributed by atoms with van der Waals surface area (Å²) in [5.74, 6) is -0.482. The smallest absolute Gasteiger partial charge is 0.243 e. The number of carbonyl (C=O) groups is 1. The van der Waals surface area contributed by atoms with E-state index in [0.29, 0.717) is 23.7 Å². The van der Waals surface area contributed by atoms with E-state index in [1.807, 2.05) is 31.2 Å². The summed E-state index contributed by atoms with van der Waals surface area (Å²) in [6, 6.07) is 19.6. The Morgan fingerprint density at radius 3 is 2.16 bits per heavy atom. The molecular weight excluding hydrogens is 546 g/mol. The molecule has 4 rings (SSSR count). The molecule has 3 aromatic rings. The maximum atomic E-state index is 13.4. The fourth-order valence-electron chi connectivity index (χ4n) is 4.27. The Kier molecular flexibility index (Phi) is 8.89. The molecule has 1 aliphatic heterocycles. The Morgan fingerprint density at radius 1 is 0.895 bits per heavy atom. The third-order valence-corrected chi connectivity index (χ3v) is 10.3. The molecule has 1 N–H and O–H groups in total. The number of halogens is 1. The van der Waals surface area contributed by atoms with Gasteiger partial charge in [0.25, 0.3) is 0 Å². The van der Waals surface area contributed by atoms with Gasteiger partial charge in [-0.15, -0.1) is 0 Å². The Bertz CT molecular complexity index is 1490. The number of benzene rings is 3. The molecule has 0 saturated carbocycles. The van der Waals surface area contributed by atoms with Gasteiger partial charge in [0, 0.05) is 31.2 Å². The van der Waals surface area contributed by atoms with E-state index in [-0.39, 0.29) is 29.4 Å². The fourth-order valence-corrected chi connectivity index (χ4v) is 7.30. The van der Waals surface area contributed by atoms with Crippen LogP contribution >= 0.6 is 11.6 Å². The van der Waals surface area contributed by atoms with E-state index in [9.17, 15) is 21.6 Å². The molecule has 1 saturated heterocycles. The zero-order valence-corrected chi connectivity index (χ0v) is 23.4. The van der Waals surface area contributed by atoms with Crippen LogP contribution in [-0.2, 0) is 37.9 Å². The highest BCUT2D eigenvalue weighted by Crippen LogP contribution is 2.22. The maximum Gasteiger partial charge on any atom is 0.243 e. The second kappa shape index (κ2) is 12.0. The van der Waals surface area contributed by atoms with Crippen molar-refractivity contribution in [2.24, 2.45) is 0 Å². The van der Waals surface area contributed by atoms with Crippen LogP contribution in [0, 0.1) is 6.92 Å². The van der Waals surface area contributed by atoms with E-state index in [0.717, 1.165) is 28.3 Å². The van der Waals surface area contributed by atoms with Gasteiger partial charge in [-0.2, -0.15) is 8.61 Å². The van der Waals surface area contributed by atoms with Gasteiger partial charge in [0.2, 0.25) is 26.0 Å². The molecule has 1 amide bonds. The first-order valence-corrected chi connectivity index (χ1v) is 15.5. The molecule has 0 atom stereocenters. The van der Waals surface area contributed by atoms with Crippen LogP contribution in [0.3, 0.4) is 0 Å². The highest BCUT2D eigenvalue weighted by Gasteiger charge is 2.28. The van der Waals surface area contributed by atoms with Crippen molar-refractivity contribution in [3.8, 4) is 0 Å². The Labute approximate surface area is 229 Å². The topological polar surface area (TPSA) is 104 Å². The minimum absolute atomic E-state index is 0.0170. The third-order valence-electron chi connectivity index (χ3n) is 6.33. The van der Waals surface area contributed by atoms with Crippen LogP contribution in [0.5, 0.6) is 0 Å². The third kappa shape index (κ3) is 6.81. The van der Waals surface area contributed by atoms with E-state index in [1.165, 1.54) is 40.7 Å². The quantitative estimate of drug-likeness (QED) is 0.394. The number of nitrogens with zero attached hydrogens (tertiary/aromatic N) is 2. The molecule has 1 heterocycles. The Balaban J connectivity index is 1.45. The van der Waals surface area contributed by atoms with Crippen molar-refractivity contribution < 1.29 is 21.6 Å². The van der Waals surface area contributed by atoms with E-state index in [4.69, 9.17) is 11.6 Å². The zero-order valence-electron chi connectivity index (χ0n) is 21.0. The van der Waals surface area contributed by atoms with Crippen LogP contribution in [0.1, 0.15) is 29.5 Å². The lowest BCUT2D eigenvalue weighted by atomic mass is 10.1. The highest BCUT2D eigenvalue weighted by molar-refractivity contribution is 7.89. The van der Waals surface area contributed by atoms with Crippen molar-refractivity contribution >= 4 is 37.6 Å². The SMILES string of the molecule is Cc1cccc(CN(CC(=O)NCc2ccc(S(=O)(=O)N3CCCC3)cc2)S(=O)(=O)c2ccc(Cl)cc2)c1. The number of carbonyl (C=O) groups excluding carboxylic acids is 1. The van der Waals surface area contributed by atoms with Crippen molar-refractivity contribution in [2.45, 2.75) is 42.6 Å². The van der Waals surface area contributed by atoms with Gasteiger partial charge in [0.1, 0.15) is 0 Å². The number of amides is 1. The summed E-state index contributed by atoms with van der Waals surface area (Å²) in [7, 11) is -7.51. The average Bonchev–Trinajstić information content (AvgIpc) is 3.44. The van der Waals surface area contributed by atoms with Gasteiger partial charge in [0.05, 0.1) is 16.3 Å². The first kappa shape index (κ1) is 28.3. The molecule has 0 bridgehead atoms. The van der Waals surface area contributed by atoms with E-state index < -0.39 is 26.0 Å². The summed E-state index contributed by atoms with van der Waals surface area (Å²) in [6.45, 7) is 2.72. The van der Waals surface area contributed by atoms with Crippen LogP contribution in [0.4, 0.5) is 0 Å². The minimum Gasteiger partial charge on any atom is -0.351 e. The summed E-state index contributed by atoms with van der Waals surface area (Å²) in [5, 5.41) is 3.16. The van der Waals surface area contributed by atoms with Crippen LogP contribution in [-0.4, -0.2) is 51.0 Å². The predicted octanol–water partition coefficient (Wildman–Crippen LogP) is 3.94. The summed E-state index contributed by atoms with van der Waals surface area (Å²) in [6.07, 6.45) is 1.72. The monoisotopic (exact) mass is 575 g/mol. The molecule has 11 heteroatoms. The summed E-state index contributed by atoms with van der Waals surface area (Å²) in [4.78, 5) is 13.1. The van der Waals surface area contributed by atoms with Gasteiger partial charge in [-0.3, -0.25) is 4.79 Å². The lowest BCUT2D eigenvalue weighted by Crippen LogP contribution is -2.40. The van der Waals surface area contributed by atoms with Crippen LogP contribution in [0.15, 0.2) is 82.6 Å². The van der Waals surface area contributed by atoms with E-state index >= 15 is 0 Å². The number of hydrogen-bond donors (Lipinski definition) is 1. The molecule has 1 fully saturated rings. The van der Waals surface area contributed by atoms with Gasteiger partial charge in [-0.1, -0.05) is 53.6 Å². The molecular formula is C27H30ClN3O5S2. The fraction of sp³-hybridized carbons (Fsp3) is 0.296. The van der Waals surface area contributed by atoms with Crippen molar-refractivity contribution in [3.63, 3.8) is 0 Å². The maximum absolute atomic E-state index is 13.4. The van der Waals surface area contributed by atoms with Crippen molar-refractivity contribution in [2.75, 3.05) is 19.6 Å². The average molecular weight is 576 g/mol. The van der Waals surface area contributed by atoms with Gasteiger partial charge >= 0.3 is 0 Å².